The lowest BCUT2D eigenvalue weighted by molar-refractivity contribution is 0.00403. The molecule has 1 aliphatic heterocycles. The van der Waals surface area contributed by atoms with Crippen LogP contribution in [0.5, 0.6) is 0 Å². The Hall–Kier alpha value is -1.86. The molecule has 1 amide bonds. The number of aliphatic hydroxyl groups is 1. The topological polar surface area (TPSA) is 62.2 Å². The lowest BCUT2D eigenvalue weighted by Crippen LogP contribution is -2.51. The molecule has 1 heterocycles. The van der Waals surface area contributed by atoms with E-state index < -0.39 is 11.7 Å². The van der Waals surface area contributed by atoms with Crippen molar-refractivity contribution in [2.45, 2.75) is 38.9 Å². The number of hydrogen-bond acceptors (Lipinski definition) is 5. The Bertz CT molecular complexity index is 573. The van der Waals surface area contributed by atoms with E-state index in [1.807, 2.05) is 20.8 Å². The predicted molar refractivity (Wildman–Crippen MR) is 97.2 cm³/mol. The van der Waals surface area contributed by atoms with E-state index in [0.717, 1.165) is 0 Å². The Morgan fingerprint density at radius 1 is 1.23 bits per heavy atom. The summed E-state index contributed by atoms with van der Waals surface area (Å²) in [5.74, 6) is 0.269. The van der Waals surface area contributed by atoms with Crippen molar-refractivity contribution < 1.29 is 23.8 Å². The van der Waals surface area contributed by atoms with Gasteiger partial charge >= 0.3 is 6.09 Å². The summed E-state index contributed by atoms with van der Waals surface area (Å²) in [4.78, 5) is 15.8. The fourth-order valence-corrected chi connectivity index (χ4v) is 2.68. The number of rotatable bonds is 5. The first-order valence-electron chi connectivity index (χ1n) is 8.98. The number of carbonyl (C=O) groups excluding carboxylic acids is 1. The second-order valence-corrected chi connectivity index (χ2v) is 7.50. The summed E-state index contributed by atoms with van der Waals surface area (Å²) < 4.78 is 24.0. The second-order valence-electron chi connectivity index (χ2n) is 7.50. The summed E-state index contributed by atoms with van der Waals surface area (Å²) in [6.07, 6.45) is 5.67. The number of β-amino-alcohol motifs (C(OH)–C–C–N with tert-alkyl or cyclic N) is 1. The molecule has 26 heavy (non-hydrogen) atoms. The summed E-state index contributed by atoms with van der Waals surface area (Å²) >= 11 is 0. The number of piperazine rings is 1. The van der Waals surface area contributed by atoms with Gasteiger partial charge in [0.25, 0.3) is 0 Å². The van der Waals surface area contributed by atoms with Gasteiger partial charge in [-0.1, -0.05) is 0 Å². The Morgan fingerprint density at radius 2 is 1.92 bits per heavy atom. The molecule has 1 fully saturated rings. The van der Waals surface area contributed by atoms with Gasteiger partial charge in [0.2, 0.25) is 0 Å². The number of amides is 1. The van der Waals surface area contributed by atoms with Crippen molar-refractivity contribution in [2.75, 3.05) is 39.3 Å². The minimum Gasteiger partial charge on any atom is -0.491 e. The van der Waals surface area contributed by atoms with Gasteiger partial charge in [0.15, 0.2) is 0 Å². The van der Waals surface area contributed by atoms with Gasteiger partial charge in [-0.05, 0) is 51.5 Å². The van der Waals surface area contributed by atoms with Gasteiger partial charge in [-0.25, -0.2) is 9.18 Å². The molecular weight excluding hydrogens is 339 g/mol. The zero-order valence-corrected chi connectivity index (χ0v) is 15.8. The third kappa shape index (κ3) is 7.17. The van der Waals surface area contributed by atoms with Crippen molar-refractivity contribution in [1.82, 2.24) is 9.80 Å². The Balaban J connectivity index is 1.68. The van der Waals surface area contributed by atoms with Gasteiger partial charge in [0, 0.05) is 32.7 Å². The predicted octanol–water partition coefficient (Wildman–Crippen LogP) is 2.61. The van der Waals surface area contributed by atoms with Crippen molar-refractivity contribution >= 4 is 6.09 Å². The number of ether oxygens (including phenoxy) is 2. The Labute approximate surface area is 154 Å². The van der Waals surface area contributed by atoms with Crippen LogP contribution in [0.25, 0.3) is 0 Å². The summed E-state index contributed by atoms with van der Waals surface area (Å²) in [6.45, 7) is 8.64. The lowest BCUT2D eigenvalue weighted by atomic mass is 10.2. The molecule has 0 bridgehead atoms. The molecule has 6 nitrogen and oxygen atoms in total. The van der Waals surface area contributed by atoms with E-state index in [-0.39, 0.29) is 18.5 Å². The summed E-state index contributed by atoms with van der Waals surface area (Å²) in [7, 11) is 0. The average Bonchev–Trinajstić information content (AvgIpc) is 2.76. The third-order valence-electron chi connectivity index (χ3n) is 3.97. The van der Waals surface area contributed by atoms with Crippen LogP contribution in [0.1, 0.15) is 27.2 Å². The number of nitrogens with zero attached hydrogens (tertiary/aromatic N) is 2. The molecule has 0 aromatic carbocycles. The fourth-order valence-electron chi connectivity index (χ4n) is 2.68. The van der Waals surface area contributed by atoms with Crippen LogP contribution in [0.2, 0.25) is 0 Å². The number of aliphatic hydroxyl groups excluding tert-OH is 1. The molecule has 7 heteroatoms. The number of hydrogen-bond donors (Lipinski definition) is 1. The molecule has 146 valence electrons. The van der Waals surface area contributed by atoms with E-state index in [4.69, 9.17) is 9.47 Å². The monoisotopic (exact) mass is 368 g/mol. The molecular formula is C19H29FN2O4. The summed E-state index contributed by atoms with van der Waals surface area (Å²) in [5.41, 5.74) is -0.499. The van der Waals surface area contributed by atoms with Crippen LogP contribution in [0.4, 0.5) is 9.18 Å². The highest BCUT2D eigenvalue weighted by atomic mass is 19.1. The molecule has 1 N–H and O–H groups in total. The van der Waals surface area contributed by atoms with Crippen LogP contribution >= 0.6 is 0 Å². The van der Waals surface area contributed by atoms with E-state index in [2.05, 4.69) is 4.90 Å². The summed E-state index contributed by atoms with van der Waals surface area (Å²) in [5, 5.41) is 10.2. The van der Waals surface area contributed by atoms with Gasteiger partial charge in [0.1, 0.15) is 29.9 Å². The molecule has 0 aromatic heterocycles. The first-order valence-corrected chi connectivity index (χ1v) is 8.98. The van der Waals surface area contributed by atoms with Gasteiger partial charge in [-0.15, -0.1) is 0 Å². The SMILES string of the molecule is CC(C)(C)OC(=O)N1CCN(CC(O)COC2=CCC=C(F)C=C2)CC1. The number of halogens is 1. The molecule has 0 spiro atoms. The van der Waals surface area contributed by atoms with Crippen molar-refractivity contribution in [3.05, 3.63) is 35.9 Å². The largest absolute Gasteiger partial charge is 0.491 e. The van der Waals surface area contributed by atoms with Crippen LogP contribution in [0.15, 0.2) is 35.9 Å². The molecule has 1 atom stereocenters. The average molecular weight is 368 g/mol. The molecule has 0 aromatic rings. The molecule has 1 aliphatic carbocycles. The maximum Gasteiger partial charge on any atom is 0.410 e. The zero-order chi connectivity index (χ0) is 19.2. The zero-order valence-electron chi connectivity index (χ0n) is 15.8. The Morgan fingerprint density at radius 3 is 2.58 bits per heavy atom. The van der Waals surface area contributed by atoms with Crippen LogP contribution in [0, 0.1) is 0 Å². The highest BCUT2D eigenvalue weighted by Gasteiger charge is 2.26. The van der Waals surface area contributed by atoms with Gasteiger partial charge < -0.3 is 19.5 Å². The second kappa shape index (κ2) is 9.19. The maximum atomic E-state index is 13.1. The molecule has 1 unspecified atom stereocenters. The first kappa shape index (κ1) is 20.5. The molecule has 2 aliphatic rings. The van der Waals surface area contributed by atoms with Crippen LogP contribution in [0.3, 0.4) is 0 Å². The normalized spacial score (nSPS) is 20.1. The van der Waals surface area contributed by atoms with Crippen molar-refractivity contribution in [3.63, 3.8) is 0 Å². The van der Waals surface area contributed by atoms with Crippen LogP contribution in [-0.4, -0.2) is 72.0 Å². The quantitative estimate of drug-likeness (QED) is 0.808. The van der Waals surface area contributed by atoms with Gasteiger partial charge in [0.05, 0.1) is 0 Å². The highest BCUT2D eigenvalue weighted by Crippen LogP contribution is 2.14. The molecule has 0 radical (unpaired) electrons. The highest BCUT2D eigenvalue weighted by molar-refractivity contribution is 5.68. The van der Waals surface area contributed by atoms with Crippen molar-refractivity contribution in [1.29, 1.82) is 0 Å². The van der Waals surface area contributed by atoms with E-state index in [9.17, 15) is 14.3 Å². The van der Waals surface area contributed by atoms with Gasteiger partial charge in [-0.2, -0.15) is 0 Å². The van der Waals surface area contributed by atoms with E-state index in [0.29, 0.717) is 44.9 Å². The number of carbonyl (C=O) groups is 1. The third-order valence-corrected chi connectivity index (χ3v) is 3.97. The lowest BCUT2D eigenvalue weighted by Gasteiger charge is -2.36. The molecule has 2 rings (SSSR count). The van der Waals surface area contributed by atoms with Crippen molar-refractivity contribution in [3.8, 4) is 0 Å². The van der Waals surface area contributed by atoms with Gasteiger partial charge in [-0.3, -0.25) is 4.90 Å². The van der Waals surface area contributed by atoms with Crippen LogP contribution < -0.4 is 0 Å². The number of allylic oxidation sites excluding steroid dienone is 5. The smallest absolute Gasteiger partial charge is 0.410 e. The standard InChI is InChI=1S/C19H29FN2O4/c1-19(2,3)26-18(24)22-11-9-21(10-12-22)13-16(23)14-25-17-6-4-5-15(20)7-8-17/h5-8,16,23H,4,9-14H2,1-3H3. The maximum absolute atomic E-state index is 13.1. The molecule has 1 saturated heterocycles. The van der Waals surface area contributed by atoms with E-state index in [1.54, 1.807) is 17.1 Å². The van der Waals surface area contributed by atoms with E-state index in [1.165, 1.54) is 12.2 Å². The van der Waals surface area contributed by atoms with E-state index >= 15 is 0 Å². The van der Waals surface area contributed by atoms with Crippen molar-refractivity contribution in [2.24, 2.45) is 0 Å². The minimum absolute atomic E-state index is 0.143. The van der Waals surface area contributed by atoms with Crippen LogP contribution in [-0.2, 0) is 9.47 Å². The molecule has 0 saturated carbocycles. The first-order chi connectivity index (χ1) is 12.2. The minimum atomic E-state index is -0.654. The Kier molecular flexibility index (Phi) is 7.23. The fraction of sp³-hybridized carbons (Fsp3) is 0.632. The summed E-state index contributed by atoms with van der Waals surface area (Å²) in [6, 6.07) is 0.